The van der Waals surface area contributed by atoms with Gasteiger partial charge in [-0.2, -0.15) is 0 Å². The van der Waals surface area contributed by atoms with E-state index in [2.05, 4.69) is 54.6 Å². The van der Waals surface area contributed by atoms with Gasteiger partial charge < -0.3 is 16.0 Å². The van der Waals surface area contributed by atoms with Crippen molar-refractivity contribution in [2.45, 2.75) is 33.4 Å². The van der Waals surface area contributed by atoms with Crippen molar-refractivity contribution in [3.05, 3.63) is 76.7 Å². The number of benzene rings is 1. The summed E-state index contributed by atoms with van der Waals surface area (Å²) in [5.41, 5.74) is 9.01. The molecular weight excluding hydrogens is 282 g/mol. The van der Waals surface area contributed by atoms with Crippen LogP contribution in [0.4, 0.5) is 0 Å². The number of rotatable bonds is 4. The Labute approximate surface area is 138 Å². The van der Waals surface area contributed by atoms with Gasteiger partial charge in [-0.15, -0.1) is 0 Å². The normalized spacial score (nSPS) is 18.9. The lowest BCUT2D eigenvalue weighted by Gasteiger charge is -2.22. The molecule has 0 saturated carbocycles. The monoisotopic (exact) mass is 305 g/mol. The van der Waals surface area contributed by atoms with Crippen molar-refractivity contribution in [1.29, 1.82) is 5.41 Å². The number of nitrogens with one attached hydrogen (secondary N) is 3. The molecule has 118 valence electrons. The summed E-state index contributed by atoms with van der Waals surface area (Å²) in [4.78, 5) is 0. The molecule has 2 aliphatic heterocycles. The second-order valence-electron chi connectivity index (χ2n) is 6.40. The lowest BCUT2D eigenvalue weighted by Crippen LogP contribution is -2.36. The zero-order chi connectivity index (χ0) is 16.6. The van der Waals surface area contributed by atoms with E-state index in [1.54, 1.807) is 0 Å². The Hall–Kier alpha value is -2.55. The predicted molar refractivity (Wildman–Crippen MR) is 97.3 cm³/mol. The Morgan fingerprint density at radius 2 is 1.96 bits per heavy atom. The van der Waals surface area contributed by atoms with Gasteiger partial charge >= 0.3 is 0 Å². The standard InChI is InChI=1S/C20H23N3/c1-12(2)19-11-23-20-18(19)9-17(10-22-20)16-6-5-15(8-14(4)21)13(3)7-16/h5-7,9-11,20-23H,1,8H2,2-4H3. The van der Waals surface area contributed by atoms with Crippen LogP contribution < -0.4 is 10.6 Å². The summed E-state index contributed by atoms with van der Waals surface area (Å²) < 4.78 is 0. The second kappa shape index (κ2) is 5.92. The SMILES string of the molecule is C=C(C)C1=CNC2NC=C(c3ccc(CC(C)=N)c(C)c3)C=C12. The van der Waals surface area contributed by atoms with Crippen LogP contribution >= 0.6 is 0 Å². The van der Waals surface area contributed by atoms with Gasteiger partial charge in [0.1, 0.15) is 6.17 Å². The van der Waals surface area contributed by atoms with E-state index in [0.717, 1.165) is 12.0 Å². The highest BCUT2D eigenvalue weighted by atomic mass is 15.1. The lowest BCUT2D eigenvalue weighted by molar-refractivity contribution is 0.635. The summed E-state index contributed by atoms with van der Waals surface area (Å²) in [5, 5.41) is 14.4. The van der Waals surface area contributed by atoms with E-state index in [9.17, 15) is 0 Å². The van der Waals surface area contributed by atoms with E-state index < -0.39 is 0 Å². The average Bonchev–Trinajstić information content (AvgIpc) is 2.92. The van der Waals surface area contributed by atoms with E-state index in [0.29, 0.717) is 5.71 Å². The highest BCUT2D eigenvalue weighted by Gasteiger charge is 2.25. The quantitative estimate of drug-likeness (QED) is 0.740. The molecule has 1 atom stereocenters. The fourth-order valence-electron chi connectivity index (χ4n) is 3.07. The molecule has 0 aliphatic carbocycles. The molecule has 0 bridgehead atoms. The molecule has 0 spiro atoms. The molecule has 3 nitrogen and oxygen atoms in total. The third-order valence-electron chi connectivity index (χ3n) is 4.32. The van der Waals surface area contributed by atoms with Crippen LogP contribution in [0.2, 0.25) is 0 Å². The Balaban J connectivity index is 1.91. The molecule has 0 amide bonds. The van der Waals surface area contributed by atoms with Crippen LogP contribution in [0.5, 0.6) is 0 Å². The predicted octanol–water partition coefficient (Wildman–Crippen LogP) is 3.84. The highest BCUT2D eigenvalue weighted by Crippen LogP contribution is 2.31. The molecule has 1 aromatic rings. The van der Waals surface area contributed by atoms with Crippen molar-refractivity contribution in [1.82, 2.24) is 10.6 Å². The van der Waals surface area contributed by atoms with Crippen molar-refractivity contribution < 1.29 is 0 Å². The molecule has 0 fully saturated rings. The van der Waals surface area contributed by atoms with E-state index >= 15 is 0 Å². The summed E-state index contributed by atoms with van der Waals surface area (Å²) in [7, 11) is 0. The Morgan fingerprint density at radius 1 is 1.22 bits per heavy atom. The van der Waals surface area contributed by atoms with E-state index in [1.807, 2.05) is 20.0 Å². The van der Waals surface area contributed by atoms with Gasteiger partial charge in [-0.25, -0.2) is 0 Å². The third-order valence-corrected chi connectivity index (χ3v) is 4.32. The minimum Gasteiger partial charge on any atom is -0.367 e. The van der Waals surface area contributed by atoms with Crippen LogP contribution in [-0.4, -0.2) is 11.9 Å². The van der Waals surface area contributed by atoms with E-state index in [4.69, 9.17) is 5.41 Å². The second-order valence-corrected chi connectivity index (χ2v) is 6.40. The zero-order valence-electron chi connectivity index (χ0n) is 14.0. The molecule has 1 unspecified atom stereocenters. The van der Waals surface area contributed by atoms with Crippen LogP contribution in [0.3, 0.4) is 0 Å². The number of fused-ring (bicyclic) bond motifs is 1. The molecule has 3 heteroatoms. The largest absolute Gasteiger partial charge is 0.367 e. The smallest absolute Gasteiger partial charge is 0.123 e. The first-order valence-corrected chi connectivity index (χ1v) is 7.90. The molecule has 0 radical (unpaired) electrons. The van der Waals surface area contributed by atoms with Crippen molar-refractivity contribution in [3.63, 3.8) is 0 Å². The number of hydrogen-bond donors (Lipinski definition) is 3. The summed E-state index contributed by atoms with van der Waals surface area (Å²) in [6.45, 7) is 10.1. The fraction of sp³-hybridized carbons (Fsp3) is 0.250. The maximum atomic E-state index is 7.67. The molecular formula is C20H23N3. The van der Waals surface area contributed by atoms with Gasteiger partial charge in [0.2, 0.25) is 0 Å². The zero-order valence-corrected chi connectivity index (χ0v) is 14.0. The third kappa shape index (κ3) is 3.00. The first-order chi connectivity index (χ1) is 11.0. The fourth-order valence-corrected chi connectivity index (χ4v) is 3.07. The molecule has 0 saturated heterocycles. The minimum atomic E-state index is 0.145. The van der Waals surface area contributed by atoms with Gasteiger partial charge in [-0.3, -0.25) is 0 Å². The van der Waals surface area contributed by atoms with Crippen LogP contribution in [-0.2, 0) is 6.42 Å². The summed E-state index contributed by atoms with van der Waals surface area (Å²) in [6, 6.07) is 6.48. The number of hydrogen-bond acceptors (Lipinski definition) is 3. The Morgan fingerprint density at radius 3 is 2.61 bits per heavy atom. The van der Waals surface area contributed by atoms with Crippen molar-refractivity contribution in [3.8, 4) is 0 Å². The van der Waals surface area contributed by atoms with Crippen molar-refractivity contribution in [2.24, 2.45) is 0 Å². The molecule has 1 aromatic carbocycles. The molecule has 3 N–H and O–H groups in total. The Kier molecular flexibility index (Phi) is 3.95. The van der Waals surface area contributed by atoms with Crippen LogP contribution in [0.1, 0.15) is 30.5 Å². The molecule has 2 aliphatic rings. The van der Waals surface area contributed by atoms with Crippen molar-refractivity contribution in [2.75, 3.05) is 0 Å². The minimum absolute atomic E-state index is 0.145. The average molecular weight is 305 g/mol. The van der Waals surface area contributed by atoms with Crippen molar-refractivity contribution >= 4 is 11.3 Å². The van der Waals surface area contributed by atoms with Crippen LogP contribution in [0.15, 0.2) is 60.0 Å². The molecule has 2 heterocycles. The number of aryl methyl sites for hydroxylation is 1. The first-order valence-electron chi connectivity index (χ1n) is 7.90. The summed E-state index contributed by atoms with van der Waals surface area (Å²) in [5.74, 6) is 0. The number of dihydropyridines is 1. The maximum Gasteiger partial charge on any atom is 0.123 e. The topological polar surface area (TPSA) is 47.9 Å². The molecule has 23 heavy (non-hydrogen) atoms. The lowest BCUT2D eigenvalue weighted by atomic mass is 9.92. The molecule has 3 rings (SSSR count). The van der Waals surface area contributed by atoms with Gasteiger partial charge in [-0.05, 0) is 60.3 Å². The number of allylic oxidation sites excluding steroid dienone is 3. The molecule has 0 aromatic heterocycles. The highest BCUT2D eigenvalue weighted by molar-refractivity contribution is 5.82. The van der Waals surface area contributed by atoms with E-state index in [-0.39, 0.29) is 6.17 Å². The Bertz CT molecular complexity index is 778. The van der Waals surface area contributed by atoms with Gasteiger partial charge in [0, 0.05) is 30.1 Å². The van der Waals surface area contributed by atoms with Gasteiger partial charge in [-0.1, -0.05) is 24.8 Å². The van der Waals surface area contributed by atoms with E-state index in [1.165, 1.54) is 33.4 Å². The summed E-state index contributed by atoms with van der Waals surface area (Å²) in [6.07, 6.45) is 7.19. The van der Waals surface area contributed by atoms with Gasteiger partial charge in [0.15, 0.2) is 0 Å². The summed E-state index contributed by atoms with van der Waals surface area (Å²) >= 11 is 0. The first kappa shape index (κ1) is 15.3. The van der Waals surface area contributed by atoms with Crippen LogP contribution in [0, 0.1) is 12.3 Å². The maximum absolute atomic E-state index is 7.67. The van der Waals surface area contributed by atoms with Gasteiger partial charge in [0.25, 0.3) is 0 Å². The van der Waals surface area contributed by atoms with Crippen LogP contribution in [0.25, 0.3) is 5.57 Å². The van der Waals surface area contributed by atoms with Gasteiger partial charge in [0.05, 0.1) is 0 Å².